The average molecular weight is 500 g/mol. The fourth-order valence-electron chi connectivity index (χ4n) is 3.64. The van der Waals surface area contributed by atoms with Crippen LogP contribution in [0.15, 0.2) is 47.0 Å². The Bertz CT molecular complexity index is 1160. The van der Waals surface area contributed by atoms with Gasteiger partial charge in [0.05, 0.1) is 10.0 Å². The van der Waals surface area contributed by atoms with Gasteiger partial charge in [0.25, 0.3) is 5.91 Å². The predicted octanol–water partition coefficient (Wildman–Crippen LogP) is 5.82. The number of carbonyl (C=O) groups excluding carboxylic acids is 1. The Balaban J connectivity index is 1.48. The third-order valence-electron chi connectivity index (χ3n) is 5.27. The van der Waals surface area contributed by atoms with Crippen LogP contribution in [0, 0.1) is 6.92 Å². The van der Waals surface area contributed by atoms with Crippen LogP contribution in [0.1, 0.15) is 16.1 Å². The standard InChI is InChI=1S/C22H18Cl2F3N3O3/c1-13-19(20(28-33-13)14-2-5-16(6-3-14)32-22(25,26)27)21(31)30-10-8-29(9-11-30)15-4-7-17(23)18(24)12-15/h2-7,12H,8-11H2,1H3. The second-order valence-corrected chi connectivity index (χ2v) is 8.23. The van der Waals surface area contributed by atoms with Gasteiger partial charge in [0.1, 0.15) is 22.8 Å². The van der Waals surface area contributed by atoms with Crippen molar-refractivity contribution in [3.05, 3.63) is 63.8 Å². The molecule has 2 heterocycles. The van der Waals surface area contributed by atoms with Crippen LogP contribution in [-0.4, -0.2) is 48.5 Å². The predicted molar refractivity (Wildman–Crippen MR) is 118 cm³/mol. The largest absolute Gasteiger partial charge is 0.573 e. The molecule has 174 valence electrons. The Kier molecular flexibility index (Phi) is 6.45. The number of aryl methyl sites for hydroxylation is 1. The fraction of sp³-hybridized carbons (Fsp3) is 0.273. The molecule has 1 saturated heterocycles. The molecule has 0 bridgehead atoms. The number of hydrogen-bond donors (Lipinski definition) is 0. The number of anilines is 1. The minimum absolute atomic E-state index is 0.256. The molecule has 3 aromatic rings. The van der Waals surface area contributed by atoms with Crippen molar-refractivity contribution in [1.29, 1.82) is 0 Å². The molecule has 1 aliphatic rings. The molecule has 1 aliphatic heterocycles. The number of rotatable bonds is 4. The van der Waals surface area contributed by atoms with Crippen LogP contribution in [0.2, 0.25) is 10.0 Å². The summed E-state index contributed by atoms with van der Waals surface area (Å²) in [5, 5.41) is 4.90. The van der Waals surface area contributed by atoms with Crippen LogP contribution in [0.5, 0.6) is 5.75 Å². The zero-order valence-corrected chi connectivity index (χ0v) is 18.8. The normalized spacial score (nSPS) is 14.5. The van der Waals surface area contributed by atoms with Crippen molar-refractivity contribution >= 4 is 34.8 Å². The Morgan fingerprint density at radius 3 is 2.30 bits per heavy atom. The van der Waals surface area contributed by atoms with E-state index in [0.29, 0.717) is 47.5 Å². The second kappa shape index (κ2) is 9.15. The third kappa shape index (κ3) is 5.20. The summed E-state index contributed by atoms with van der Waals surface area (Å²) < 4.78 is 46.3. The van der Waals surface area contributed by atoms with E-state index < -0.39 is 6.36 Å². The zero-order valence-electron chi connectivity index (χ0n) is 17.3. The smallest absolute Gasteiger partial charge is 0.406 e. The van der Waals surface area contributed by atoms with Crippen molar-refractivity contribution < 1.29 is 27.2 Å². The molecule has 0 unspecified atom stereocenters. The molecule has 2 aromatic carbocycles. The molecule has 0 spiro atoms. The molecule has 6 nitrogen and oxygen atoms in total. The highest BCUT2D eigenvalue weighted by atomic mass is 35.5. The Morgan fingerprint density at radius 1 is 1.03 bits per heavy atom. The summed E-state index contributed by atoms with van der Waals surface area (Å²) in [5.74, 6) is -0.288. The summed E-state index contributed by atoms with van der Waals surface area (Å²) in [6.07, 6.45) is -4.79. The van der Waals surface area contributed by atoms with Gasteiger partial charge in [-0.05, 0) is 49.4 Å². The van der Waals surface area contributed by atoms with Crippen molar-refractivity contribution in [2.45, 2.75) is 13.3 Å². The van der Waals surface area contributed by atoms with E-state index in [2.05, 4.69) is 14.8 Å². The summed E-state index contributed by atoms with van der Waals surface area (Å²) in [4.78, 5) is 17.1. The highest BCUT2D eigenvalue weighted by Crippen LogP contribution is 2.31. The van der Waals surface area contributed by atoms with Crippen LogP contribution in [0.4, 0.5) is 18.9 Å². The first kappa shape index (κ1) is 23.3. The second-order valence-electron chi connectivity index (χ2n) is 7.41. The summed E-state index contributed by atoms with van der Waals surface area (Å²) in [6, 6.07) is 10.5. The van der Waals surface area contributed by atoms with Gasteiger partial charge in [0.15, 0.2) is 0 Å². The minimum Gasteiger partial charge on any atom is -0.406 e. The van der Waals surface area contributed by atoms with Gasteiger partial charge in [-0.3, -0.25) is 4.79 Å². The van der Waals surface area contributed by atoms with Crippen molar-refractivity contribution in [2.24, 2.45) is 0 Å². The number of aromatic nitrogens is 1. The maximum Gasteiger partial charge on any atom is 0.573 e. The van der Waals surface area contributed by atoms with Gasteiger partial charge in [-0.25, -0.2) is 0 Å². The van der Waals surface area contributed by atoms with Gasteiger partial charge in [-0.1, -0.05) is 28.4 Å². The Hall–Kier alpha value is -2.91. The van der Waals surface area contributed by atoms with Crippen LogP contribution < -0.4 is 9.64 Å². The quantitative estimate of drug-likeness (QED) is 0.452. The van der Waals surface area contributed by atoms with E-state index in [1.165, 1.54) is 12.1 Å². The van der Waals surface area contributed by atoms with E-state index in [4.69, 9.17) is 27.7 Å². The molecule has 1 aromatic heterocycles. The number of benzene rings is 2. The molecule has 0 radical (unpaired) electrons. The van der Waals surface area contributed by atoms with E-state index in [-0.39, 0.29) is 22.9 Å². The van der Waals surface area contributed by atoms with E-state index in [1.807, 2.05) is 6.07 Å². The number of carbonyl (C=O) groups is 1. The molecular formula is C22H18Cl2F3N3O3. The fourth-order valence-corrected chi connectivity index (χ4v) is 3.94. The molecule has 0 N–H and O–H groups in total. The summed E-state index contributed by atoms with van der Waals surface area (Å²) >= 11 is 12.1. The van der Waals surface area contributed by atoms with Crippen LogP contribution in [-0.2, 0) is 0 Å². The highest BCUT2D eigenvalue weighted by molar-refractivity contribution is 6.42. The van der Waals surface area contributed by atoms with Crippen LogP contribution in [0.3, 0.4) is 0 Å². The molecule has 0 aliphatic carbocycles. The molecular weight excluding hydrogens is 482 g/mol. The molecule has 0 saturated carbocycles. The molecule has 33 heavy (non-hydrogen) atoms. The van der Waals surface area contributed by atoms with Gasteiger partial charge in [0, 0.05) is 37.4 Å². The number of ether oxygens (including phenoxy) is 1. The van der Waals surface area contributed by atoms with Crippen LogP contribution in [0.25, 0.3) is 11.3 Å². The molecule has 1 amide bonds. The monoisotopic (exact) mass is 499 g/mol. The Labute approximate surface area is 197 Å². The van der Waals surface area contributed by atoms with Crippen molar-refractivity contribution in [3.63, 3.8) is 0 Å². The van der Waals surface area contributed by atoms with E-state index >= 15 is 0 Å². The van der Waals surface area contributed by atoms with E-state index in [9.17, 15) is 18.0 Å². The van der Waals surface area contributed by atoms with Crippen molar-refractivity contribution in [1.82, 2.24) is 10.1 Å². The average Bonchev–Trinajstić information content (AvgIpc) is 3.16. The number of hydrogen-bond acceptors (Lipinski definition) is 5. The maximum absolute atomic E-state index is 13.3. The van der Waals surface area contributed by atoms with Gasteiger partial charge in [-0.15, -0.1) is 13.2 Å². The number of amides is 1. The first-order chi connectivity index (χ1) is 15.6. The number of halogens is 5. The first-order valence-electron chi connectivity index (χ1n) is 9.94. The van der Waals surface area contributed by atoms with E-state index in [1.54, 1.807) is 24.0 Å². The molecule has 1 fully saturated rings. The molecule has 11 heteroatoms. The van der Waals surface area contributed by atoms with Crippen molar-refractivity contribution in [3.8, 4) is 17.0 Å². The van der Waals surface area contributed by atoms with Gasteiger partial charge >= 0.3 is 6.36 Å². The third-order valence-corrected chi connectivity index (χ3v) is 6.01. The van der Waals surface area contributed by atoms with Crippen LogP contribution >= 0.6 is 23.2 Å². The first-order valence-corrected chi connectivity index (χ1v) is 10.7. The number of alkyl halides is 3. The SMILES string of the molecule is Cc1onc(-c2ccc(OC(F)(F)F)cc2)c1C(=O)N1CCN(c2ccc(Cl)c(Cl)c2)CC1. The minimum atomic E-state index is -4.79. The zero-order chi connectivity index (χ0) is 23.8. The van der Waals surface area contributed by atoms with Gasteiger partial charge < -0.3 is 19.1 Å². The lowest BCUT2D eigenvalue weighted by Crippen LogP contribution is -2.49. The number of nitrogens with zero attached hydrogens (tertiary/aromatic N) is 3. The molecule has 0 atom stereocenters. The maximum atomic E-state index is 13.3. The Morgan fingerprint density at radius 2 is 1.70 bits per heavy atom. The van der Waals surface area contributed by atoms with Crippen molar-refractivity contribution in [2.75, 3.05) is 31.1 Å². The topological polar surface area (TPSA) is 58.8 Å². The summed E-state index contributed by atoms with van der Waals surface area (Å²) in [7, 11) is 0. The lowest BCUT2D eigenvalue weighted by Gasteiger charge is -2.36. The lowest BCUT2D eigenvalue weighted by molar-refractivity contribution is -0.274. The van der Waals surface area contributed by atoms with Gasteiger partial charge in [0.2, 0.25) is 0 Å². The lowest BCUT2D eigenvalue weighted by atomic mass is 10.0. The van der Waals surface area contributed by atoms with Gasteiger partial charge in [-0.2, -0.15) is 0 Å². The highest BCUT2D eigenvalue weighted by Gasteiger charge is 2.32. The van der Waals surface area contributed by atoms with E-state index in [0.717, 1.165) is 17.8 Å². The number of piperazine rings is 1. The summed E-state index contributed by atoms with van der Waals surface area (Å²) in [6.45, 7) is 3.72. The molecule has 4 rings (SSSR count). The summed E-state index contributed by atoms with van der Waals surface area (Å²) in [5.41, 5.74) is 1.91.